The van der Waals surface area contributed by atoms with Gasteiger partial charge in [0.1, 0.15) is 11.4 Å². The van der Waals surface area contributed by atoms with Crippen molar-refractivity contribution in [3.8, 4) is 5.75 Å². The van der Waals surface area contributed by atoms with Crippen LogP contribution < -0.4 is 15.8 Å². The van der Waals surface area contributed by atoms with E-state index in [1.807, 2.05) is 0 Å². The van der Waals surface area contributed by atoms with E-state index in [1.54, 1.807) is 6.07 Å². The zero-order chi connectivity index (χ0) is 22.5. The fourth-order valence-electron chi connectivity index (χ4n) is 7.23. The summed E-state index contributed by atoms with van der Waals surface area (Å²) in [6.45, 7) is 9.38. The molecule has 2 heterocycles. The topological polar surface area (TPSA) is 81.4 Å². The minimum atomic E-state index is -0.583. The molecule has 2 aliphatic heterocycles. The Bertz CT molecular complexity index is 1010. The summed E-state index contributed by atoms with van der Waals surface area (Å²) in [6, 6.07) is 1.78. The molecule has 1 spiro atoms. The smallest absolute Gasteiger partial charge is 0.252 e. The van der Waals surface area contributed by atoms with Crippen LogP contribution in [-0.4, -0.2) is 28.2 Å². The van der Waals surface area contributed by atoms with Crippen LogP contribution in [0.3, 0.4) is 0 Å². The third kappa shape index (κ3) is 2.56. The van der Waals surface area contributed by atoms with Crippen molar-refractivity contribution >= 4 is 35.0 Å². The van der Waals surface area contributed by atoms with Gasteiger partial charge in [-0.05, 0) is 42.2 Å². The largest absolute Gasteiger partial charge is 0.486 e. The van der Waals surface area contributed by atoms with Crippen molar-refractivity contribution in [2.24, 2.45) is 28.4 Å². The lowest BCUT2D eigenvalue weighted by Crippen LogP contribution is -2.71. The molecule has 0 saturated heterocycles. The molecule has 1 aromatic rings. The van der Waals surface area contributed by atoms with E-state index in [1.165, 1.54) is 0 Å². The summed E-state index contributed by atoms with van der Waals surface area (Å²) in [5.74, 6) is 0.537. The van der Waals surface area contributed by atoms with Crippen molar-refractivity contribution in [1.29, 1.82) is 0 Å². The molecule has 2 saturated carbocycles. The molecule has 1 aromatic carbocycles. The Balaban J connectivity index is 1.75. The number of fused-ring (bicyclic) bond motifs is 3. The second kappa shape index (κ2) is 6.54. The number of alkyl halides is 2. The van der Waals surface area contributed by atoms with Crippen molar-refractivity contribution in [3.63, 3.8) is 0 Å². The normalized spacial score (nSPS) is 40.0. The Labute approximate surface area is 193 Å². The van der Waals surface area contributed by atoms with Crippen LogP contribution in [0.2, 0.25) is 0 Å². The van der Waals surface area contributed by atoms with Crippen LogP contribution in [0.5, 0.6) is 5.75 Å². The second-order valence-electron chi connectivity index (χ2n) is 10.9. The van der Waals surface area contributed by atoms with E-state index in [-0.39, 0.29) is 39.0 Å². The van der Waals surface area contributed by atoms with Crippen LogP contribution in [0.25, 0.3) is 0 Å². The van der Waals surface area contributed by atoms with Crippen LogP contribution >= 0.6 is 23.2 Å². The second-order valence-corrected chi connectivity index (χ2v) is 11.9. The number of rotatable bonds is 1. The average Bonchev–Trinajstić information content (AvgIpc) is 3.07. The zero-order valence-electron chi connectivity index (χ0n) is 18.5. The van der Waals surface area contributed by atoms with Gasteiger partial charge in [-0.15, -0.1) is 23.2 Å². The number of halogens is 2. The molecular weight excluding hydrogens is 435 g/mol. The van der Waals surface area contributed by atoms with Gasteiger partial charge in [0, 0.05) is 29.9 Å². The van der Waals surface area contributed by atoms with Gasteiger partial charge in [-0.25, -0.2) is 0 Å². The number of amides is 2. The molecule has 168 valence electrons. The minimum Gasteiger partial charge on any atom is -0.486 e. The van der Waals surface area contributed by atoms with Crippen LogP contribution in [0.15, 0.2) is 6.07 Å². The molecule has 0 unspecified atom stereocenters. The van der Waals surface area contributed by atoms with Crippen molar-refractivity contribution in [2.45, 2.75) is 76.3 Å². The van der Waals surface area contributed by atoms with Crippen LogP contribution in [0.1, 0.15) is 78.8 Å². The highest BCUT2D eigenvalue weighted by Crippen LogP contribution is 2.67. The third-order valence-electron chi connectivity index (χ3n) is 9.15. The summed E-state index contributed by atoms with van der Waals surface area (Å²) >= 11 is 13.8. The fraction of sp³-hybridized carbons (Fsp3) is 0.667. The SMILES string of the molecule is C[C@H]1CC[C@H]2C(C)(C)[C@@H](Cl)[C@H](Cl)C[C@]23Oc2c(cc(C(N)=O)c4c2CNC4=O)C[C@]13C. The molecule has 3 N–H and O–H groups in total. The van der Waals surface area contributed by atoms with E-state index >= 15 is 0 Å². The Morgan fingerprint density at radius 2 is 1.97 bits per heavy atom. The van der Waals surface area contributed by atoms with Gasteiger partial charge in [-0.3, -0.25) is 9.59 Å². The molecule has 2 amide bonds. The van der Waals surface area contributed by atoms with Crippen molar-refractivity contribution in [2.75, 3.05) is 0 Å². The number of ether oxygens (including phenoxy) is 1. The molecule has 2 fully saturated rings. The fourth-order valence-corrected chi connectivity index (χ4v) is 8.03. The Hall–Kier alpha value is -1.46. The number of nitrogens with one attached hydrogen (secondary N) is 1. The molecular formula is C24H30Cl2N2O3. The lowest BCUT2D eigenvalue weighted by molar-refractivity contribution is -0.208. The summed E-state index contributed by atoms with van der Waals surface area (Å²) in [5.41, 5.74) is 7.16. The number of primary amides is 1. The predicted octanol–water partition coefficient (Wildman–Crippen LogP) is 4.40. The number of nitrogens with two attached hydrogens (primary N) is 1. The molecule has 5 nitrogen and oxygen atoms in total. The van der Waals surface area contributed by atoms with Gasteiger partial charge in [-0.1, -0.05) is 27.7 Å². The van der Waals surface area contributed by atoms with Gasteiger partial charge in [-0.2, -0.15) is 0 Å². The average molecular weight is 465 g/mol. The van der Waals surface area contributed by atoms with Crippen molar-refractivity contribution in [1.82, 2.24) is 5.32 Å². The molecule has 4 aliphatic rings. The number of hydrogen-bond acceptors (Lipinski definition) is 3. The highest BCUT2D eigenvalue weighted by molar-refractivity contribution is 6.30. The summed E-state index contributed by atoms with van der Waals surface area (Å²) < 4.78 is 7.09. The van der Waals surface area contributed by atoms with Gasteiger partial charge in [0.25, 0.3) is 5.91 Å². The molecule has 31 heavy (non-hydrogen) atoms. The first kappa shape index (κ1) is 21.4. The Kier molecular flexibility index (Phi) is 4.51. The number of carbonyl (C=O) groups excluding carboxylic acids is 2. The van der Waals surface area contributed by atoms with E-state index in [2.05, 4.69) is 33.0 Å². The minimum absolute atomic E-state index is 0.140. The standard InChI is InChI=1S/C24H30Cl2N2O3/c1-11-5-6-16-22(2,3)19(26)15(25)9-24(16)23(11,4)8-12-7-13(20(27)29)17-14(18(12)31-24)10-28-21(17)30/h7,11,15-16,19H,5-6,8-10H2,1-4H3,(H2,27,29)(H,28,30)/t11-,15+,16-,19-,23+,24-/m0/s1. The first-order chi connectivity index (χ1) is 14.4. The first-order valence-electron chi connectivity index (χ1n) is 11.2. The van der Waals surface area contributed by atoms with Gasteiger partial charge in [0.05, 0.1) is 21.9 Å². The maximum atomic E-state index is 12.5. The monoisotopic (exact) mass is 464 g/mol. The summed E-state index contributed by atoms with van der Waals surface area (Å²) in [4.78, 5) is 24.7. The highest BCUT2D eigenvalue weighted by Gasteiger charge is 2.69. The summed E-state index contributed by atoms with van der Waals surface area (Å²) in [7, 11) is 0. The predicted molar refractivity (Wildman–Crippen MR) is 121 cm³/mol. The van der Waals surface area contributed by atoms with E-state index in [0.29, 0.717) is 24.4 Å². The summed E-state index contributed by atoms with van der Waals surface area (Å²) in [5, 5.41) is 2.50. The molecule has 0 bridgehead atoms. The molecule has 0 aromatic heterocycles. The zero-order valence-corrected chi connectivity index (χ0v) is 20.0. The van der Waals surface area contributed by atoms with Gasteiger partial charge < -0.3 is 15.8 Å². The van der Waals surface area contributed by atoms with E-state index in [9.17, 15) is 9.59 Å². The number of benzene rings is 1. The van der Waals surface area contributed by atoms with E-state index in [0.717, 1.165) is 36.1 Å². The lowest BCUT2D eigenvalue weighted by Gasteiger charge is -2.67. The quantitative estimate of drug-likeness (QED) is 0.604. The number of carbonyl (C=O) groups is 2. The van der Waals surface area contributed by atoms with Gasteiger partial charge in [0.2, 0.25) is 5.91 Å². The van der Waals surface area contributed by atoms with Crippen molar-refractivity contribution in [3.05, 3.63) is 28.3 Å². The van der Waals surface area contributed by atoms with Crippen molar-refractivity contribution < 1.29 is 14.3 Å². The molecule has 0 radical (unpaired) electrons. The van der Waals surface area contributed by atoms with E-state index < -0.39 is 11.5 Å². The Morgan fingerprint density at radius 1 is 1.26 bits per heavy atom. The Morgan fingerprint density at radius 3 is 2.65 bits per heavy atom. The van der Waals surface area contributed by atoms with Gasteiger partial charge >= 0.3 is 0 Å². The molecule has 7 heteroatoms. The molecule has 5 rings (SSSR count). The summed E-state index contributed by atoms with van der Waals surface area (Å²) in [6.07, 6.45) is 3.55. The van der Waals surface area contributed by atoms with Gasteiger partial charge in [0.15, 0.2) is 0 Å². The molecule has 6 atom stereocenters. The van der Waals surface area contributed by atoms with Crippen LogP contribution in [0.4, 0.5) is 0 Å². The maximum absolute atomic E-state index is 12.5. The maximum Gasteiger partial charge on any atom is 0.252 e. The third-order valence-corrected chi connectivity index (χ3v) is 10.5. The van der Waals surface area contributed by atoms with E-state index in [4.69, 9.17) is 33.7 Å². The number of hydrogen-bond donors (Lipinski definition) is 2. The highest BCUT2D eigenvalue weighted by atomic mass is 35.5. The van der Waals surface area contributed by atoms with Crippen LogP contribution in [0, 0.1) is 22.7 Å². The van der Waals surface area contributed by atoms with Crippen LogP contribution in [-0.2, 0) is 13.0 Å². The molecule has 2 aliphatic carbocycles. The first-order valence-corrected chi connectivity index (χ1v) is 12.0. The lowest BCUT2D eigenvalue weighted by atomic mass is 9.44.